The minimum absolute atomic E-state index is 0.00796. The number of nitrogens with two attached hydrogens (primary N) is 1. The molecule has 1 saturated heterocycles. The molecule has 88 valence electrons. The van der Waals surface area contributed by atoms with Gasteiger partial charge in [0.15, 0.2) is 5.84 Å². The molecule has 0 bridgehead atoms. The molecule has 0 aromatic carbocycles. The maximum atomic E-state index is 8.65. The third-order valence-corrected chi connectivity index (χ3v) is 3.48. The van der Waals surface area contributed by atoms with Crippen molar-refractivity contribution in [1.29, 1.82) is 0 Å². The lowest BCUT2D eigenvalue weighted by atomic mass is 10.1. The van der Waals surface area contributed by atoms with Crippen LogP contribution in [0.15, 0.2) is 5.16 Å². The fourth-order valence-corrected chi connectivity index (χ4v) is 2.03. The molecule has 0 saturated carbocycles. The van der Waals surface area contributed by atoms with Gasteiger partial charge in [-0.05, 0) is 27.8 Å². The Morgan fingerprint density at radius 3 is 2.27 bits per heavy atom. The van der Waals surface area contributed by atoms with E-state index in [9.17, 15) is 0 Å². The number of amidine groups is 1. The third-order valence-electron chi connectivity index (χ3n) is 3.48. The van der Waals surface area contributed by atoms with Crippen molar-refractivity contribution in [3.8, 4) is 0 Å². The van der Waals surface area contributed by atoms with Gasteiger partial charge in [0.2, 0.25) is 0 Å². The van der Waals surface area contributed by atoms with Crippen molar-refractivity contribution < 1.29 is 5.21 Å². The van der Waals surface area contributed by atoms with Gasteiger partial charge in [-0.15, -0.1) is 0 Å². The third kappa shape index (κ3) is 2.60. The average molecular weight is 214 g/mol. The molecule has 1 fully saturated rings. The summed E-state index contributed by atoms with van der Waals surface area (Å²) in [5, 5.41) is 11.7. The lowest BCUT2D eigenvalue weighted by Crippen LogP contribution is -2.59. The molecule has 1 aliphatic rings. The molecule has 5 nitrogen and oxygen atoms in total. The molecule has 0 aromatic heterocycles. The first-order chi connectivity index (χ1) is 6.97. The zero-order valence-corrected chi connectivity index (χ0v) is 10.0. The van der Waals surface area contributed by atoms with Gasteiger partial charge in [0.25, 0.3) is 0 Å². The van der Waals surface area contributed by atoms with Crippen LogP contribution in [0.1, 0.15) is 20.8 Å². The fourth-order valence-electron chi connectivity index (χ4n) is 2.03. The maximum Gasteiger partial charge on any atom is 0.156 e. The van der Waals surface area contributed by atoms with E-state index >= 15 is 0 Å². The van der Waals surface area contributed by atoms with Crippen LogP contribution in [0.5, 0.6) is 0 Å². The van der Waals surface area contributed by atoms with Gasteiger partial charge in [-0.25, -0.2) is 0 Å². The normalized spacial score (nSPS) is 32.9. The van der Waals surface area contributed by atoms with Crippen LogP contribution in [0, 0.1) is 0 Å². The summed E-state index contributed by atoms with van der Waals surface area (Å²) in [4.78, 5) is 4.61. The van der Waals surface area contributed by atoms with E-state index in [2.05, 4.69) is 35.9 Å². The molecule has 3 unspecified atom stereocenters. The van der Waals surface area contributed by atoms with E-state index in [4.69, 9.17) is 10.9 Å². The number of likely N-dealkylation sites (N-methyl/N-ethyl adjacent to an activating group) is 1. The minimum Gasteiger partial charge on any atom is -0.409 e. The predicted octanol–water partition coefficient (Wildman–Crippen LogP) is 0.146. The van der Waals surface area contributed by atoms with Crippen molar-refractivity contribution in [2.75, 3.05) is 20.1 Å². The molecule has 0 aliphatic carbocycles. The van der Waals surface area contributed by atoms with Crippen LogP contribution >= 0.6 is 0 Å². The number of piperazine rings is 1. The summed E-state index contributed by atoms with van der Waals surface area (Å²) in [6, 6.07) is 1.01. The van der Waals surface area contributed by atoms with Gasteiger partial charge in [-0.2, -0.15) is 0 Å². The van der Waals surface area contributed by atoms with E-state index in [1.54, 1.807) is 0 Å². The summed E-state index contributed by atoms with van der Waals surface area (Å²) >= 11 is 0. The highest BCUT2D eigenvalue weighted by Gasteiger charge is 2.30. The number of hydrogen-bond acceptors (Lipinski definition) is 4. The molecule has 3 N–H and O–H groups in total. The average Bonchev–Trinajstić information content (AvgIpc) is 2.23. The Bertz CT molecular complexity index is 232. The summed E-state index contributed by atoms with van der Waals surface area (Å²) in [6.07, 6.45) is 0. The van der Waals surface area contributed by atoms with Gasteiger partial charge in [-0.1, -0.05) is 5.16 Å². The Hall–Kier alpha value is -0.810. The summed E-state index contributed by atoms with van der Waals surface area (Å²) in [5.74, 6) is 0.291. The van der Waals surface area contributed by atoms with Crippen molar-refractivity contribution in [3.05, 3.63) is 0 Å². The van der Waals surface area contributed by atoms with Crippen LogP contribution in [0.2, 0.25) is 0 Å². The first-order valence-electron chi connectivity index (χ1n) is 5.40. The second-order valence-corrected chi connectivity index (χ2v) is 4.52. The summed E-state index contributed by atoms with van der Waals surface area (Å²) < 4.78 is 0. The van der Waals surface area contributed by atoms with E-state index in [0.29, 0.717) is 17.9 Å². The Morgan fingerprint density at radius 1 is 1.40 bits per heavy atom. The number of rotatable bonds is 2. The van der Waals surface area contributed by atoms with E-state index < -0.39 is 0 Å². The van der Waals surface area contributed by atoms with Gasteiger partial charge in [0, 0.05) is 25.2 Å². The van der Waals surface area contributed by atoms with Gasteiger partial charge in [-0.3, -0.25) is 9.80 Å². The molecule has 1 rings (SSSR count). The maximum absolute atomic E-state index is 8.65. The largest absolute Gasteiger partial charge is 0.409 e. The Kier molecular flexibility index (Phi) is 3.93. The molecule has 5 heteroatoms. The number of nitrogens with zero attached hydrogens (tertiary/aromatic N) is 3. The molecule has 1 heterocycles. The van der Waals surface area contributed by atoms with Crippen LogP contribution in [-0.2, 0) is 0 Å². The summed E-state index contributed by atoms with van der Waals surface area (Å²) in [5.41, 5.74) is 5.62. The fraction of sp³-hybridized carbons (Fsp3) is 0.900. The monoisotopic (exact) mass is 214 g/mol. The lowest BCUT2D eigenvalue weighted by molar-refractivity contribution is 0.0516. The van der Waals surface area contributed by atoms with Crippen molar-refractivity contribution >= 4 is 5.84 Å². The molecule has 0 amide bonds. The molecule has 3 atom stereocenters. The smallest absolute Gasteiger partial charge is 0.156 e. The molecule has 0 aromatic rings. The molecular formula is C10H22N4O. The van der Waals surface area contributed by atoms with E-state index in [1.165, 1.54) is 0 Å². The SMILES string of the molecule is CC(C(N)=NO)N1CC(C)N(C)C(C)C1. The minimum atomic E-state index is 0.00796. The van der Waals surface area contributed by atoms with Crippen LogP contribution in [-0.4, -0.2) is 59.1 Å². The molecule has 0 spiro atoms. The second kappa shape index (κ2) is 4.81. The van der Waals surface area contributed by atoms with Gasteiger partial charge in [0.1, 0.15) is 0 Å². The summed E-state index contributed by atoms with van der Waals surface area (Å²) in [7, 11) is 2.14. The van der Waals surface area contributed by atoms with Gasteiger partial charge in [0.05, 0.1) is 6.04 Å². The van der Waals surface area contributed by atoms with E-state index in [-0.39, 0.29) is 6.04 Å². The Labute approximate surface area is 91.5 Å². The lowest BCUT2D eigenvalue weighted by Gasteiger charge is -2.44. The van der Waals surface area contributed by atoms with Gasteiger partial charge >= 0.3 is 0 Å². The standard InChI is InChI=1S/C10H22N4O/c1-7-5-14(6-8(2)13(7)4)9(3)10(11)12-15/h7-9,15H,5-6H2,1-4H3,(H2,11,12). The highest BCUT2D eigenvalue weighted by Crippen LogP contribution is 2.15. The van der Waals surface area contributed by atoms with Crippen LogP contribution < -0.4 is 5.73 Å². The number of oxime groups is 1. The van der Waals surface area contributed by atoms with Crippen molar-refractivity contribution in [2.24, 2.45) is 10.9 Å². The van der Waals surface area contributed by atoms with Gasteiger partial charge < -0.3 is 10.9 Å². The molecular weight excluding hydrogens is 192 g/mol. The Balaban J connectivity index is 2.65. The summed E-state index contributed by atoms with van der Waals surface area (Å²) in [6.45, 7) is 8.28. The van der Waals surface area contributed by atoms with E-state index in [0.717, 1.165) is 13.1 Å². The topological polar surface area (TPSA) is 65.1 Å². The highest BCUT2D eigenvalue weighted by molar-refractivity contribution is 5.84. The number of hydrogen-bond donors (Lipinski definition) is 2. The van der Waals surface area contributed by atoms with Crippen LogP contribution in [0.3, 0.4) is 0 Å². The first kappa shape index (κ1) is 12.3. The Morgan fingerprint density at radius 2 is 1.87 bits per heavy atom. The van der Waals surface area contributed by atoms with Crippen molar-refractivity contribution in [3.63, 3.8) is 0 Å². The van der Waals surface area contributed by atoms with Crippen LogP contribution in [0.4, 0.5) is 0 Å². The first-order valence-corrected chi connectivity index (χ1v) is 5.40. The molecule has 1 aliphatic heterocycles. The molecule has 15 heavy (non-hydrogen) atoms. The highest BCUT2D eigenvalue weighted by atomic mass is 16.4. The van der Waals surface area contributed by atoms with Crippen molar-refractivity contribution in [1.82, 2.24) is 9.80 Å². The second-order valence-electron chi connectivity index (χ2n) is 4.52. The zero-order chi connectivity index (χ0) is 11.6. The molecule has 0 radical (unpaired) electrons. The van der Waals surface area contributed by atoms with E-state index in [1.807, 2.05) is 6.92 Å². The van der Waals surface area contributed by atoms with Crippen molar-refractivity contribution in [2.45, 2.75) is 38.9 Å². The zero-order valence-electron chi connectivity index (χ0n) is 10.0. The quantitative estimate of drug-likeness (QED) is 0.297. The van der Waals surface area contributed by atoms with Crippen LogP contribution in [0.25, 0.3) is 0 Å². The predicted molar refractivity (Wildman–Crippen MR) is 61.1 cm³/mol.